The molecule has 9 nitrogen and oxygen atoms in total. The van der Waals surface area contributed by atoms with Gasteiger partial charge in [-0.1, -0.05) is 11.6 Å². The highest BCUT2D eigenvalue weighted by molar-refractivity contribution is 9.10. The van der Waals surface area contributed by atoms with Gasteiger partial charge in [-0.05, 0) is 64.0 Å². The van der Waals surface area contributed by atoms with Crippen LogP contribution in [0.3, 0.4) is 0 Å². The lowest BCUT2D eigenvalue weighted by Crippen LogP contribution is -2.54. The molecule has 0 aliphatic carbocycles. The minimum absolute atomic E-state index is 0.143. The first-order valence-corrected chi connectivity index (χ1v) is 9.77. The third-order valence-electron chi connectivity index (χ3n) is 4.09. The fourth-order valence-electron chi connectivity index (χ4n) is 2.75. The average molecular weight is 510 g/mol. The molecular weight excluding hydrogens is 496 g/mol. The Labute approximate surface area is 189 Å². The number of ether oxygens (including phenoxy) is 2. The number of aliphatic carboxylic acids is 1. The molecule has 2 aromatic carbocycles. The van der Waals surface area contributed by atoms with Crippen molar-refractivity contribution in [2.75, 3.05) is 18.6 Å². The molecule has 2 N–H and O–H groups in total. The zero-order chi connectivity index (χ0) is 22.7. The van der Waals surface area contributed by atoms with Crippen LogP contribution < -0.4 is 19.7 Å². The highest BCUT2D eigenvalue weighted by Gasteiger charge is 2.36. The molecule has 0 unspecified atom stereocenters. The van der Waals surface area contributed by atoms with Crippen LogP contribution in [0, 0.1) is 0 Å². The quantitative estimate of drug-likeness (QED) is 0.453. The van der Waals surface area contributed by atoms with E-state index in [1.165, 1.54) is 49.6 Å². The average Bonchev–Trinajstić information content (AvgIpc) is 2.71. The number of halogens is 2. The smallest absolute Gasteiger partial charge is 0.341 e. The van der Waals surface area contributed by atoms with Gasteiger partial charge in [-0.25, -0.2) is 14.5 Å². The molecule has 31 heavy (non-hydrogen) atoms. The molecule has 11 heteroatoms. The third-order valence-corrected chi connectivity index (χ3v) is 4.93. The van der Waals surface area contributed by atoms with Crippen LogP contribution in [0.25, 0.3) is 6.08 Å². The van der Waals surface area contributed by atoms with Gasteiger partial charge in [-0.3, -0.25) is 14.9 Å². The van der Waals surface area contributed by atoms with Crippen molar-refractivity contribution < 1.29 is 33.8 Å². The van der Waals surface area contributed by atoms with Crippen LogP contribution in [-0.4, -0.2) is 42.6 Å². The maximum absolute atomic E-state index is 12.9. The molecule has 0 spiro atoms. The van der Waals surface area contributed by atoms with Crippen LogP contribution in [0.5, 0.6) is 11.5 Å². The van der Waals surface area contributed by atoms with Crippen molar-refractivity contribution >= 4 is 63.1 Å². The van der Waals surface area contributed by atoms with Crippen LogP contribution in [0.2, 0.25) is 5.02 Å². The van der Waals surface area contributed by atoms with Crippen LogP contribution >= 0.6 is 27.5 Å². The van der Waals surface area contributed by atoms with Gasteiger partial charge in [0.25, 0.3) is 11.8 Å². The molecule has 1 fully saturated rings. The van der Waals surface area contributed by atoms with E-state index in [1.807, 2.05) is 0 Å². The lowest BCUT2D eigenvalue weighted by Gasteiger charge is -2.26. The molecule has 1 aliphatic rings. The predicted octanol–water partition coefficient (Wildman–Crippen LogP) is 3.24. The molecule has 0 aromatic heterocycles. The number of urea groups is 1. The standard InChI is InChI=1S/C20H14BrClN2O7/c1-30-15-8-10(7-14(21)17(15)31-9-16(25)26)6-13-18(27)23-20(29)24(19(13)28)12-4-2-11(22)3-5-12/h2-8H,9H2,1H3,(H,25,26)(H,23,27,29)/b13-6+. The predicted molar refractivity (Wildman–Crippen MR) is 114 cm³/mol. The Morgan fingerprint density at radius 1 is 1.23 bits per heavy atom. The summed E-state index contributed by atoms with van der Waals surface area (Å²) in [7, 11) is 1.35. The minimum Gasteiger partial charge on any atom is -0.493 e. The molecule has 3 rings (SSSR count). The van der Waals surface area contributed by atoms with Gasteiger partial charge < -0.3 is 14.6 Å². The number of amides is 4. The van der Waals surface area contributed by atoms with E-state index in [2.05, 4.69) is 21.2 Å². The Morgan fingerprint density at radius 3 is 2.52 bits per heavy atom. The summed E-state index contributed by atoms with van der Waals surface area (Å²) in [5.74, 6) is -2.53. The number of hydrogen-bond acceptors (Lipinski definition) is 6. The lowest BCUT2D eigenvalue weighted by atomic mass is 10.1. The van der Waals surface area contributed by atoms with E-state index in [0.717, 1.165) is 4.90 Å². The van der Waals surface area contributed by atoms with Crippen molar-refractivity contribution in [3.63, 3.8) is 0 Å². The molecule has 1 saturated heterocycles. The molecule has 0 bridgehead atoms. The highest BCUT2D eigenvalue weighted by atomic mass is 79.9. The molecule has 0 radical (unpaired) electrons. The Kier molecular flexibility index (Phi) is 6.62. The Hall–Kier alpha value is -3.37. The van der Waals surface area contributed by atoms with Crippen LogP contribution in [-0.2, 0) is 14.4 Å². The second-order valence-corrected chi connectivity index (χ2v) is 7.44. The number of carboxylic acids is 1. The van der Waals surface area contributed by atoms with E-state index >= 15 is 0 Å². The largest absolute Gasteiger partial charge is 0.493 e. The van der Waals surface area contributed by atoms with Crippen molar-refractivity contribution in [1.29, 1.82) is 0 Å². The van der Waals surface area contributed by atoms with Gasteiger partial charge in [0.05, 0.1) is 17.3 Å². The van der Waals surface area contributed by atoms with Gasteiger partial charge in [0.1, 0.15) is 5.57 Å². The van der Waals surface area contributed by atoms with Crippen molar-refractivity contribution in [3.05, 3.63) is 57.0 Å². The van der Waals surface area contributed by atoms with E-state index in [1.54, 1.807) is 0 Å². The summed E-state index contributed by atoms with van der Waals surface area (Å²) in [5.41, 5.74) is 0.319. The van der Waals surface area contributed by atoms with Gasteiger partial charge >= 0.3 is 12.0 Å². The number of carbonyl (C=O) groups excluding carboxylic acids is 3. The molecule has 2 aromatic rings. The topological polar surface area (TPSA) is 122 Å². The normalized spacial score (nSPS) is 15.1. The summed E-state index contributed by atoms with van der Waals surface area (Å²) in [6.07, 6.45) is 1.28. The third kappa shape index (κ3) is 4.86. The van der Waals surface area contributed by atoms with Gasteiger partial charge in [0.2, 0.25) is 0 Å². The fourth-order valence-corrected chi connectivity index (χ4v) is 3.45. The number of barbiturate groups is 1. The summed E-state index contributed by atoms with van der Waals surface area (Å²) in [6.45, 7) is -0.589. The monoisotopic (exact) mass is 508 g/mol. The summed E-state index contributed by atoms with van der Waals surface area (Å²) in [5, 5.41) is 11.3. The minimum atomic E-state index is -1.17. The number of carboxylic acid groups (broad SMARTS) is 1. The first-order chi connectivity index (χ1) is 14.7. The fraction of sp³-hybridized carbons (Fsp3) is 0.100. The number of anilines is 1. The lowest BCUT2D eigenvalue weighted by molar-refractivity contribution is -0.139. The van der Waals surface area contributed by atoms with Crippen molar-refractivity contribution in [2.24, 2.45) is 0 Å². The van der Waals surface area contributed by atoms with Crippen molar-refractivity contribution in [1.82, 2.24) is 5.32 Å². The number of benzene rings is 2. The van der Waals surface area contributed by atoms with Crippen molar-refractivity contribution in [2.45, 2.75) is 0 Å². The first kappa shape index (κ1) is 22.3. The SMILES string of the molecule is COc1cc(/C=C2\C(=O)NC(=O)N(c3ccc(Cl)cc3)C2=O)cc(Br)c1OCC(=O)O. The van der Waals surface area contributed by atoms with Gasteiger partial charge in [-0.2, -0.15) is 0 Å². The number of imide groups is 2. The van der Waals surface area contributed by atoms with E-state index in [0.29, 0.717) is 15.1 Å². The highest BCUT2D eigenvalue weighted by Crippen LogP contribution is 2.37. The van der Waals surface area contributed by atoms with Gasteiger partial charge in [-0.15, -0.1) is 0 Å². The molecular formula is C20H14BrClN2O7. The summed E-state index contributed by atoms with van der Waals surface area (Å²) < 4.78 is 10.8. The second-order valence-electron chi connectivity index (χ2n) is 6.15. The number of nitrogens with one attached hydrogen (secondary N) is 1. The number of hydrogen-bond donors (Lipinski definition) is 2. The maximum atomic E-state index is 12.9. The van der Waals surface area contributed by atoms with Gasteiger partial charge in [0, 0.05) is 5.02 Å². The van der Waals surface area contributed by atoms with Crippen molar-refractivity contribution in [3.8, 4) is 11.5 Å². The maximum Gasteiger partial charge on any atom is 0.341 e. The van der Waals surface area contributed by atoms with Gasteiger partial charge in [0.15, 0.2) is 18.1 Å². The molecule has 160 valence electrons. The molecule has 1 heterocycles. The summed E-state index contributed by atoms with van der Waals surface area (Å²) >= 11 is 9.11. The Bertz CT molecular complexity index is 1120. The van der Waals surface area contributed by atoms with Crippen LogP contribution in [0.15, 0.2) is 46.4 Å². The molecule has 0 atom stereocenters. The zero-order valence-corrected chi connectivity index (χ0v) is 18.2. The Morgan fingerprint density at radius 2 is 1.90 bits per heavy atom. The number of carbonyl (C=O) groups is 4. The van der Waals surface area contributed by atoms with Crippen LogP contribution in [0.1, 0.15) is 5.56 Å². The second kappa shape index (κ2) is 9.19. The zero-order valence-electron chi connectivity index (χ0n) is 15.8. The molecule has 1 aliphatic heterocycles. The number of rotatable bonds is 6. The summed E-state index contributed by atoms with van der Waals surface area (Å²) in [4.78, 5) is 49.1. The van der Waals surface area contributed by atoms with E-state index in [4.69, 9.17) is 26.2 Å². The number of methoxy groups -OCH3 is 1. The van der Waals surface area contributed by atoms with Crippen LogP contribution in [0.4, 0.5) is 10.5 Å². The van der Waals surface area contributed by atoms with E-state index < -0.39 is 30.4 Å². The number of nitrogens with zero attached hydrogens (tertiary/aromatic N) is 1. The molecule has 4 amide bonds. The summed E-state index contributed by atoms with van der Waals surface area (Å²) in [6, 6.07) is 8.05. The van der Waals surface area contributed by atoms with E-state index in [-0.39, 0.29) is 22.8 Å². The first-order valence-electron chi connectivity index (χ1n) is 8.60. The van der Waals surface area contributed by atoms with E-state index in [9.17, 15) is 19.2 Å². The molecule has 0 saturated carbocycles. The Balaban J connectivity index is 1.99.